The van der Waals surface area contributed by atoms with Crippen LogP contribution < -0.4 is 10.1 Å². The van der Waals surface area contributed by atoms with Crippen molar-refractivity contribution in [3.8, 4) is 16.9 Å². The van der Waals surface area contributed by atoms with E-state index in [1.807, 2.05) is 30.3 Å². The standard InChI is InChI=1S/C21H20ClNO4/c1-27-15-3-4-16(18(22)11-15)13-2-5-17-14(10-13)6-7-20(8-9-20)21(17,12-24)23-19(25)26/h2-5,10-12,23H,6-9H2,1H3,(H,25,26). The largest absolute Gasteiger partial charge is 0.497 e. The lowest BCUT2D eigenvalue weighted by molar-refractivity contribution is -0.116. The van der Waals surface area contributed by atoms with E-state index in [-0.39, 0.29) is 5.41 Å². The monoisotopic (exact) mass is 385 g/mol. The van der Waals surface area contributed by atoms with Crippen LogP contribution in [-0.2, 0) is 16.8 Å². The maximum absolute atomic E-state index is 12.2. The molecule has 2 N–H and O–H groups in total. The molecule has 1 saturated carbocycles. The van der Waals surface area contributed by atoms with Gasteiger partial charge in [-0.05, 0) is 60.6 Å². The number of aldehydes is 1. The van der Waals surface area contributed by atoms with E-state index in [1.54, 1.807) is 13.2 Å². The molecule has 0 aliphatic heterocycles. The SMILES string of the molecule is COc1ccc(-c2ccc3c(c2)CCC2(CC2)C3(C=O)NC(=O)O)c(Cl)c1. The summed E-state index contributed by atoms with van der Waals surface area (Å²) in [5.41, 5.74) is 2.08. The van der Waals surface area contributed by atoms with Gasteiger partial charge in [-0.1, -0.05) is 29.8 Å². The third-order valence-corrected chi connectivity index (χ3v) is 6.37. The first-order valence-corrected chi connectivity index (χ1v) is 9.27. The summed E-state index contributed by atoms with van der Waals surface area (Å²) in [7, 11) is 1.59. The van der Waals surface area contributed by atoms with Crippen LogP contribution in [0.4, 0.5) is 4.79 Å². The zero-order valence-electron chi connectivity index (χ0n) is 14.9. The van der Waals surface area contributed by atoms with Gasteiger partial charge < -0.3 is 20.0 Å². The quantitative estimate of drug-likeness (QED) is 0.764. The van der Waals surface area contributed by atoms with E-state index in [4.69, 9.17) is 16.3 Å². The molecule has 1 unspecified atom stereocenters. The van der Waals surface area contributed by atoms with Crippen LogP contribution in [0.1, 0.15) is 30.4 Å². The first-order chi connectivity index (χ1) is 12.9. The Hall–Kier alpha value is -2.53. The van der Waals surface area contributed by atoms with Crippen LogP contribution in [0, 0.1) is 5.41 Å². The Morgan fingerprint density at radius 1 is 1.22 bits per heavy atom. The fraction of sp³-hybridized carbons (Fsp3) is 0.333. The van der Waals surface area contributed by atoms with Crippen molar-refractivity contribution in [2.45, 2.75) is 31.2 Å². The van der Waals surface area contributed by atoms with Crippen LogP contribution in [0.5, 0.6) is 5.75 Å². The Bertz CT molecular complexity index is 938. The van der Waals surface area contributed by atoms with Gasteiger partial charge in [-0.2, -0.15) is 0 Å². The summed E-state index contributed by atoms with van der Waals surface area (Å²) in [6, 6.07) is 11.3. The average molecular weight is 386 g/mol. The normalized spacial score (nSPS) is 22.0. The number of rotatable bonds is 4. The Labute approximate surface area is 162 Å². The van der Waals surface area contributed by atoms with Gasteiger partial charge in [-0.3, -0.25) is 0 Å². The minimum atomic E-state index is -1.18. The number of carbonyl (C=O) groups is 2. The van der Waals surface area contributed by atoms with Gasteiger partial charge in [0.25, 0.3) is 0 Å². The van der Waals surface area contributed by atoms with Crippen molar-refractivity contribution in [1.29, 1.82) is 0 Å². The molecule has 0 heterocycles. The number of fused-ring (bicyclic) bond motifs is 1. The number of nitrogens with one attached hydrogen (secondary N) is 1. The molecule has 0 aromatic heterocycles. The Balaban J connectivity index is 1.81. The molecule has 5 nitrogen and oxygen atoms in total. The molecule has 4 rings (SSSR count). The van der Waals surface area contributed by atoms with E-state index >= 15 is 0 Å². The molecule has 6 heteroatoms. The fourth-order valence-corrected chi connectivity index (χ4v) is 4.73. The number of hydrogen-bond acceptors (Lipinski definition) is 3. The topological polar surface area (TPSA) is 75.6 Å². The second-order valence-electron chi connectivity index (χ2n) is 7.35. The maximum Gasteiger partial charge on any atom is 0.405 e. The Morgan fingerprint density at radius 2 is 2.00 bits per heavy atom. The summed E-state index contributed by atoms with van der Waals surface area (Å²) in [4.78, 5) is 23.6. The lowest BCUT2D eigenvalue weighted by Gasteiger charge is -2.42. The van der Waals surface area contributed by atoms with Crippen molar-refractivity contribution < 1.29 is 19.4 Å². The molecule has 140 valence electrons. The van der Waals surface area contributed by atoms with Gasteiger partial charge in [0.05, 0.1) is 12.1 Å². The van der Waals surface area contributed by atoms with E-state index in [2.05, 4.69) is 5.32 Å². The molecule has 2 aliphatic rings. The molecule has 0 radical (unpaired) electrons. The number of hydrogen-bond donors (Lipinski definition) is 2. The van der Waals surface area contributed by atoms with Gasteiger partial charge in [0, 0.05) is 11.0 Å². The molecule has 27 heavy (non-hydrogen) atoms. The van der Waals surface area contributed by atoms with Gasteiger partial charge in [-0.25, -0.2) is 4.79 Å². The first kappa shape index (κ1) is 17.9. The first-order valence-electron chi connectivity index (χ1n) is 8.89. The molecule has 2 aromatic carbocycles. The van der Waals surface area contributed by atoms with Crippen molar-refractivity contribution >= 4 is 24.0 Å². The predicted molar refractivity (Wildman–Crippen MR) is 102 cm³/mol. The summed E-state index contributed by atoms with van der Waals surface area (Å²) in [6.45, 7) is 0. The number of carbonyl (C=O) groups excluding carboxylic acids is 1. The summed E-state index contributed by atoms with van der Waals surface area (Å²) < 4.78 is 5.20. The zero-order valence-corrected chi connectivity index (χ0v) is 15.7. The van der Waals surface area contributed by atoms with Crippen LogP contribution in [0.25, 0.3) is 11.1 Å². The minimum Gasteiger partial charge on any atom is -0.497 e. The van der Waals surface area contributed by atoms with Crippen molar-refractivity contribution in [2.24, 2.45) is 5.41 Å². The van der Waals surface area contributed by atoms with Crippen LogP contribution in [0.15, 0.2) is 36.4 Å². The number of benzene rings is 2. The van der Waals surface area contributed by atoms with Crippen LogP contribution >= 0.6 is 11.6 Å². The van der Waals surface area contributed by atoms with Gasteiger partial charge in [0.1, 0.15) is 11.3 Å². The molecular formula is C21H20ClNO4. The van der Waals surface area contributed by atoms with Gasteiger partial charge >= 0.3 is 6.09 Å². The number of carboxylic acid groups (broad SMARTS) is 1. The molecule has 1 atom stereocenters. The number of halogens is 1. The lowest BCUT2D eigenvalue weighted by atomic mass is 9.67. The molecule has 1 fully saturated rings. The lowest BCUT2D eigenvalue weighted by Crippen LogP contribution is -2.55. The summed E-state index contributed by atoms with van der Waals surface area (Å²) >= 11 is 6.41. The fourth-order valence-electron chi connectivity index (χ4n) is 4.45. The van der Waals surface area contributed by atoms with Gasteiger partial charge in [-0.15, -0.1) is 0 Å². The molecule has 0 bridgehead atoms. The summed E-state index contributed by atoms with van der Waals surface area (Å²) in [5, 5.41) is 12.5. The predicted octanol–water partition coefficient (Wildman–Crippen LogP) is 4.40. The highest BCUT2D eigenvalue weighted by Gasteiger charge is 2.63. The minimum absolute atomic E-state index is 0.292. The van der Waals surface area contributed by atoms with E-state index in [0.29, 0.717) is 10.8 Å². The van der Waals surface area contributed by atoms with Crippen molar-refractivity contribution in [3.63, 3.8) is 0 Å². The van der Waals surface area contributed by atoms with E-state index in [1.165, 1.54) is 0 Å². The third-order valence-electron chi connectivity index (χ3n) is 6.06. The van der Waals surface area contributed by atoms with Gasteiger partial charge in [0.15, 0.2) is 6.29 Å². The van der Waals surface area contributed by atoms with Crippen LogP contribution in [0.2, 0.25) is 5.02 Å². The number of aryl methyl sites for hydroxylation is 1. The molecule has 2 aromatic rings. The maximum atomic E-state index is 12.2. The number of ether oxygens (including phenoxy) is 1. The van der Waals surface area contributed by atoms with E-state index < -0.39 is 11.6 Å². The number of methoxy groups -OCH3 is 1. The van der Waals surface area contributed by atoms with Crippen molar-refractivity contribution in [2.75, 3.05) is 7.11 Å². The molecular weight excluding hydrogens is 366 g/mol. The summed E-state index contributed by atoms with van der Waals surface area (Å²) in [5.74, 6) is 0.683. The third kappa shape index (κ3) is 2.69. The second-order valence-corrected chi connectivity index (χ2v) is 7.76. The van der Waals surface area contributed by atoms with Crippen LogP contribution in [0.3, 0.4) is 0 Å². The van der Waals surface area contributed by atoms with E-state index in [9.17, 15) is 14.7 Å². The summed E-state index contributed by atoms with van der Waals surface area (Å²) in [6.07, 6.45) is 2.93. The van der Waals surface area contributed by atoms with Crippen molar-refractivity contribution in [1.82, 2.24) is 5.32 Å². The molecule has 2 aliphatic carbocycles. The highest BCUT2D eigenvalue weighted by Crippen LogP contribution is 2.63. The Kier molecular flexibility index (Phi) is 4.15. The van der Waals surface area contributed by atoms with Crippen LogP contribution in [-0.4, -0.2) is 24.6 Å². The highest BCUT2D eigenvalue weighted by atomic mass is 35.5. The molecule has 1 amide bonds. The van der Waals surface area contributed by atoms with E-state index in [0.717, 1.165) is 54.2 Å². The number of amides is 1. The zero-order chi connectivity index (χ0) is 19.2. The Morgan fingerprint density at radius 3 is 2.59 bits per heavy atom. The smallest absolute Gasteiger partial charge is 0.405 e. The van der Waals surface area contributed by atoms with Crippen molar-refractivity contribution in [3.05, 3.63) is 52.5 Å². The highest BCUT2D eigenvalue weighted by molar-refractivity contribution is 6.33. The molecule has 1 spiro atoms. The van der Waals surface area contributed by atoms with Gasteiger partial charge in [0.2, 0.25) is 0 Å². The second kappa shape index (κ2) is 6.27. The molecule has 0 saturated heterocycles. The average Bonchev–Trinajstić information content (AvgIpc) is 3.44.